The van der Waals surface area contributed by atoms with Crippen LogP contribution in [-0.4, -0.2) is 22.0 Å². The third kappa shape index (κ3) is 2.82. The minimum Gasteiger partial charge on any atom is -0.396 e. The van der Waals surface area contributed by atoms with Gasteiger partial charge in [-0.3, -0.25) is 4.98 Å². The van der Waals surface area contributed by atoms with Gasteiger partial charge in [-0.15, -0.1) is 0 Å². The summed E-state index contributed by atoms with van der Waals surface area (Å²) in [5.41, 5.74) is 7.64. The van der Waals surface area contributed by atoms with Crippen LogP contribution in [0.25, 0.3) is 0 Å². The van der Waals surface area contributed by atoms with E-state index in [1.165, 1.54) is 25.0 Å². The lowest BCUT2D eigenvalue weighted by molar-refractivity contribution is 0.757. The molecular formula is C12H19N3S. The van der Waals surface area contributed by atoms with E-state index in [0.29, 0.717) is 6.04 Å². The average Bonchev–Trinajstić information content (AvgIpc) is 2.70. The van der Waals surface area contributed by atoms with Crippen LogP contribution in [0.1, 0.15) is 26.2 Å². The van der Waals surface area contributed by atoms with E-state index in [0.717, 1.165) is 16.6 Å². The molecule has 0 bridgehead atoms. The van der Waals surface area contributed by atoms with Crippen LogP contribution in [0.2, 0.25) is 0 Å². The highest BCUT2D eigenvalue weighted by molar-refractivity contribution is 7.99. The molecule has 4 heteroatoms. The standard InChI is InChI=1S/C12H19N3S/c1-2-16-10-4-3-9(7-10)15-12-5-6-14-8-11(12)13/h5-6,8-10H,2-4,7,13H2,1H3,(H,14,15). The van der Waals surface area contributed by atoms with Gasteiger partial charge in [-0.25, -0.2) is 0 Å². The molecule has 3 nitrogen and oxygen atoms in total. The van der Waals surface area contributed by atoms with Crippen molar-refractivity contribution in [1.82, 2.24) is 4.98 Å². The molecule has 2 unspecified atom stereocenters. The lowest BCUT2D eigenvalue weighted by Gasteiger charge is -2.15. The second-order valence-electron chi connectivity index (χ2n) is 4.19. The van der Waals surface area contributed by atoms with Crippen molar-refractivity contribution in [3.05, 3.63) is 18.5 Å². The Hall–Kier alpha value is -0.900. The third-order valence-electron chi connectivity index (χ3n) is 3.00. The minimum atomic E-state index is 0.578. The van der Waals surface area contributed by atoms with Crippen LogP contribution in [0.4, 0.5) is 11.4 Å². The molecule has 1 aliphatic carbocycles. The summed E-state index contributed by atoms with van der Waals surface area (Å²) in [7, 11) is 0. The Morgan fingerprint density at radius 2 is 2.44 bits per heavy atom. The fourth-order valence-electron chi connectivity index (χ4n) is 2.22. The Bertz CT molecular complexity index is 343. The molecule has 0 saturated heterocycles. The Kier molecular flexibility index (Phi) is 3.93. The van der Waals surface area contributed by atoms with Crippen molar-refractivity contribution in [2.24, 2.45) is 0 Å². The van der Waals surface area contributed by atoms with Gasteiger partial charge in [0.2, 0.25) is 0 Å². The molecular weight excluding hydrogens is 218 g/mol. The number of nitrogens with zero attached hydrogens (tertiary/aromatic N) is 1. The van der Waals surface area contributed by atoms with E-state index in [1.807, 2.05) is 6.07 Å². The summed E-state index contributed by atoms with van der Waals surface area (Å²) in [6.45, 7) is 2.23. The smallest absolute Gasteiger partial charge is 0.0736 e. The molecule has 0 amide bonds. The normalized spacial score (nSPS) is 24.6. The van der Waals surface area contributed by atoms with E-state index in [9.17, 15) is 0 Å². The second kappa shape index (κ2) is 5.43. The average molecular weight is 237 g/mol. The van der Waals surface area contributed by atoms with Crippen LogP contribution in [0, 0.1) is 0 Å². The maximum absolute atomic E-state index is 5.86. The summed E-state index contributed by atoms with van der Waals surface area (Å²) < 4.78 is 0. The maximum Gasteiger partial charge on any atom is 0.0736 e. The Morgan fingerprint density at radius 1 is 1.56 bits per heavy atom. The molecule has 0 spiro atoms. The van der Waals surface area contributed by atoms with Gasteiger partial charge < -0.3 is 11.1 Å². The van der Waals surface area contributed by atoms with Gasteiger partial charge in [0.25, 0.3) is 0 Å². The van der Waals surface area contributed by atoms with Crippen molar-refractivity contribution in [2.75, 3.05) is 16.8 Å². The molecule has 2 atom stereocenters. The highest BCUT2D eigenvalue weighted by Crippen LogP contribution is 2.32. The zero-order chi connectivity index (χ0) is 11.4. The number of hydrogen-bond acceptors (Lipinski definition) is 4. The topological polar surface area (TPSA) is 50.9 Å². The summed E-state index contributed by atoms with van der Waals surface area (Å²) in [4.78, 5) is 3.99. The predicted octanol–water partition coefficient (Wildman–Crippen LogP) is 2.75. The number of rotatable bonds is 4. The molecule has 16 heavy (non-hydrogen) atoms. The number of aromatic nitrogens is 1. The lowest BCUT2D eigenvalue weighted by Crippen LogP contribution is -2.17. The number of thioether (sulfide) groups is 1. The van der Waals surface area contributed by atoms with Crippen LogP contribution >= 0.6 is 11.8 Å². The lowest BCUT2D eigenvalue weighted by atomic mass is 10.2. The number of nitrogens with two attached hydrogens (primary N) is 1. The number of nitrogen functional groups attached to an aromatic ring is 1. The zero-order valence-electron chi connectivity index (χ0n) is 9.65. The summed E-state index contributed by atoms with van der Waals surface area (Å²) in [6, 6.07) is 2.53. The molecule has 0 aromatic carbocycles. The minimum absolute atomic E-state index is 0.578. The van der Waals surface area contributed by atoms with E-state index in [1.54, 1.807) is 12.4 Å². The van der Waals surface area contributed by atoms with Gasteiger partial charge in [-0.2, -0.15) is 11.8 Å². The first-order valence-corrected chi connectivity index (χ1v) is 6.92. The van der Waals surface area contributed by atoms with E-state index in [-0.39, 0.29) is 0 Å². The Morgan fingerprint density at radius 3 is 3.19 bits per heavy atom. The van der Waals surface area contributed by atoms with Crippen LogP contribution in [0.3, 0.4) is 0 Å². The quantitative estimate of drug-likeness (QED) is 0.845. The summed E-state index contributed by atoms with van der Waals surface area (Å²) in [5, 5.41) is 4.34. The summed E-state index contributed by atoms with van der Waals surface area (Å²) in [6.07, 6.45) is 7.31. The van der Waals surface area contributed by atoms with E-state index >= 15 is 0 Å². The second-order valence-corrected chi connectivity index (χ2v) is 5.77. The first-order chi connectivity index (χ1) is 7.79. The number of pyridine rings is 1. The fourth-order valence-corrected chi connectivity index (χ4v) is 3.36. The van der Waals surface area contributed by atoms with Crippen LogP contribution in [0.5, 0.6) is 0 Å². The molecule has 1 aromatic heterocycles. The van der Waals surface area contributed by atoms with Crippen LogP contribution in [0.15, 0.2) is 18.5 Å². The Labute approximate surface area is 101 Å². The van der Waals surface area contributed by atoms with Crippen LogP contribution in [-0.2, 0) is 0 Å². The fraction of sp³-hybridized carbons (Fsp3) is 0.583. The van der Waals surface area contributed by atoms with Crippen molar-refractivity contribution in [1.29, 1.82) is 0 Å². The third-order valence-corrected chi connectivity index (χ3v) is 4.23. The molecule has 0 aliphatic heterocycles. The molecule has 0 radical (unpaired) electrons. The number of hydrogen-bond donors (Lipinski definition) is 2. The summed E-state index contributed by atoms with van der Waals surface area (Å²) >= 11 is 2.07. The molecule has 1 aromatic rings. The predicted molar refractivity (Wildman–Crippen MR) is 71.8 cm³/mol. The van der Waals surface area contributed by atoms with E-state index < -0.39 is 0 Å². The molecule has 1 aliphatic rings. The molecule has 2 rings (SSSR count). The first kappa shape index (κ1) is 11.6. The van der Waals surface area contributed by atoms with Gasteiger partial charge in [0.15, 0.2) is 0 Å². The van der Waals surface area contributed by atoms with Gasteiger partial charge >= 0.3 is 0 Å². The largest absolute Gasteiger partial charge is 0.396 e. The molecule has 1 fully saturated rings. The van der Waals surface area contributed by atoms with Gasteiger partial charge in [-0.1, -0.05) is 6.92 Å². The van der Waals surface area contributed by atoms with Gasteiger partial charge in [-0.05, 0) is 31.1 Å². The zero-order valence-corrected chi connectivity index (χ0v) is 10.5. The number of anilines is 2. The molecule has 1 saturated carbocycles. The molecule has 1 heterocycles. The number of nitrogens with one attached hydrogen (secondary N) is 1. The van der Waals surface area contributed by atoms with Gasteiger partial charge in [0, 0.05) is 17.5 Å². The maximum atomic E-state index is 5.86. The van der Waals surface area contributed by atoms with Gasteiger partial charge in [0.1, 0.15) is 0 Å². The van der Waals surface area contributed by atoms with Crippen molar-refractivity contribution in [2.45, 2.75) is 37.5 Å². The SMILES string of the molecule is CCSC1CCC(Nc2ccncc2N)C1. The highest BCUT2D eigenvalue weighted by Gasteiger charge is 2.24. The van der Waals surface area contributed by atoms with Crippen molar-refractivity contribution in [3.63, 3.8) is 0 Å². The molecule has 3 N–H and O–H groups in total. The van der Waals surface area contributed by atoms with Crippen molar-refractivity contribution < 1.29 is 0 Å². The van der Waals surface area contributed by atoms with Crippen LogP contribution < -0.4 is 11.1 Å². The summed E-state index contributed by atoms with van der Waals surface area (Å²) in [5.74, 6) is 1.22. The Balaban J connectivity index is 1.90. The van der Waals surface area contributed by atoms with Gasteiger partial charge in [0.05, 0.1) is 17.6 Å². The molecule has 88 valence electrons. The highest BCUT2D eigenvalue weighted by atomic mass is 32.2. The van der Waals surface area contributed by atoms with E-state index in [4.69, 9.17) is 5.73 Å². The van der Waals surface area contributed by atoms with E-state index in [2.05, 4.69) is 29.0 Å². The first-order valence-electron chi connectivity index (χ1n) is 5.87. The van der Waals surface area contributed by atoms with Crippen molar-refractivity contribution >= 4 is 23.1 Å². The van der Waals surface area contributed by atoms with Crippen molar-refractivity contribution in [3.8, 4) is 0 Å². The monoisotopic (exact) mass is 237 g/mol.